The molecule has 0 unspecified atom stereocenters. The molecule has 0 aliphatic carbocycles. The highest BCUT2D eigenvalue weighted by Crippen LogP contribution is 2.13. The van der Waals surface area contributed by atoms with Gasteiger partial charge in [-0.05, 0) is 19.4 Å². The number of imidazole rings is 1. The van der Waals surface area contributed by atoms with Gasteiger partial charge < -0.3 is 10.3 Å². The van der Waals surface area contributed by atoms with E-state index in [9.17, 15) is 0 Å². The van der Waals surface area contributed by atoms with Crippen LogP contribution in [0.5, 0.6) is 0 Å². The number of rotatable bonds is 7. The van der Waals surface area contributed by atoms with Crippen molar-refractivity contribution in [2.45, 2.75) is 37.9 Å². The Bertz CT molecular complexity index is 221. The molecular weight excluding hydrogens is 194 g/mol. The van der Waals surface area contributed by atoms with Gasteiger partial charge in [-0.1, -0.05) is 25.6 Å². The average molecular weight is 213 g/mol. The minimum atomic E-state index is 0.604. The molecule has 0 saturated carbocycles. The SMILES string of the molecule is CC(C)NCCCCSc1ncc[nH]1. The van der Waals surface area contributed by atoms with Crippen LogP contribution in [0.25, 0.3) is 0 Å². The summed E-state index contributed by atoms with van der Waals surface area (Å²) in [6.45, 7) is 5.48. The molecule has 0 amide bonds. The minimum absolute atomic E-state index is 0.604. The first-order chi connectivity index (χ1) is 6.79. The number of hydrogen-bond donors (Lipinski definition) is 2. The Morgan fingerprint density at radius 1 is 1.50 bits per heavy atom. The maximum Gasteiger partial charge on any atom is 0.165 e. The van der Waals surface area contributed by atoms with E-state index in [1.807, 2.05) is 6.20 Å². The van der Waals surface area contributed by atoms with Gasteiger partial charge in [0.2, 0.25) is 0 Å². The number of hydrogen-bond acceptors (Lipinski definition) is 3. The summed E-state index contributed by atoms with van der Waals surface area (Å²) in [5.74, 6) is 1.15. The van der Waals surface area contributed by atoms with E-state index in [0.29, 0.717) is 6.04 Å². The van der Waals surface area contributed by atoms with Crippen molar-refractivity contribution in [3.8, 4) is 0 Å². The smallest absolute Gasteiger partial charge is 0.165 e. The molecule has 1 rings (SSSR count). The van der Waals surface area contributed by atoms with Crippen molar-refractivity contribution in [1.29, 1.82) is 0 Å². The standard InChI is InChI=1S/C10H19N3S/c1-9(2)11-5-3-4-8-14-10-12-6-7-13-10/h6-7,9,11H,3-5,8H2,1-2H3,(H,12,13). The third-order valence-electron chi connectivity index (χ3n) is 1.84. The van der Waals surface area contributed by atoms with Gasteiger partial charge >= 0.3 is 0 Å². The van der Waals surface area contributed by atoms with E-state index in [1.54, 1.807) is 18.0 Å². The highest BCUT2D eigenvalue weighted by atomic mass is 32.2. The highest BCUT2D eigenvalue weighted by molar-refractivity contribution is 7.99. The Balaban J connectivity index is 1.90. The van der Waals surface area contributed by atoms with Crippen molar-refractivity contribution in [1.82, 2.24) is 15.3 Å². The van der Waals surface area contributed by atoms with Gasteiger partial charge in [0.25, 0.3) is 0 Å². The predicted octanol–water partition coefficient (Wildman–Crippen LogP) is 2.28. The lowest BCUT2D eigenvalue weighted by Crippen LogP contribution is -2.23. The van der Waals surface area contributed by atoms with E-state index in [2.05, 4.69) is 29.1 Å². The van der Waals surface area contributed by atoms with Gasteiger partial charge in [-0.25, -0.2) is 4.98 Å². The number of H-pyrrole nitrogens is 1. The summed E-state index contributed by atoms with van der Waals surface area (Å²) in [5.41, 5.74) is 0. The van der Waals surface area contributed by atoms with Gasteiger partial charge in [0.05, 0.1) is 0 Å². The zero-order valence-corrected chi connectivity index (χ0v) is 9.73. The number of aromatic amines is 1. The maximum absolute atomic E-state index is 4.15. The number of nitrogens with one attached hydrogen (secondary N) is 2. The largest absolute Gasteiger partial charge is 0.340 e. The summed E-state index contributed by atoms with van der Waals surface area (Å²) in [6, 6.07) is 0.604. The Labute approximate surface area is 90.1 Å². The van der Waals surface area contributed by atoms with Gasteiger partial charge in [0.1, 0.15) is 0 Å². The van der Waals surface area contributed by atoms with Crippen LogP contribution in [0.2, 0.25) is 0 Å². The molecule has 0 fully saturated rings. The van der Waals surface area contributed by atoms with Crippen molar-refractivity contribution in [3.63, 3.8) is 0 Å². The second-order valence-corrected chi connectivity index (χ2v) is 4.64. The Hall–Kier alpha value is -0.480. The van der Waals surface area contributed by atoms with E-state index in [1.165, 1.54) is 12.8 Å². The number of thioether (sulfide) groups is 1. The number of aromatic nitrogens is 2. The van der Waals surface area contributed by atoms with Crippen LogP contribution in [0.1, 0.15) is 26.7 Å². The molecule has 1 heterocycles. The summed E-state index contributed by atoms with van der Waals surface area (Å²) < 4.78 is 0. The van der Waals surface area contributed by atoms with Crippen LogP contribution in [0.3, 0.4) is 0 Å². The summed E-state index contributed by atoms with van der Waals surface area (Å²) in [6.07, 6.45) is 6.14. The second kappa shape index (κ2) is 6.90. The first-order valence-corrected chi connectivity index (χ1v) is 6.13. The minimum Gasteiger partial charge on any atom is -0.340 e. The molecule has 1 aromatic rings. The van der Waals surface area contributed by atoms with Gasteiger partial charge in [-0.2, -0.15) is 0 Å². The summed E-state index contributed by atoms with van der Waals surface area (Å²) in [4.78, 5) is 7.24. The maximum atomic E-state index is 4.15. The van der Waals surface area contributed by atoms with Crippen LogP contribution in [0.15, 0.2) is 17.6 Å². The van der Waals surface area contributed by atoms with Gasteiger partial charge in [-0.3, -0.25) is 0 Å². The van der Waals surface area contributed by atoms with E-state index in [0.717, 1.165) is 17.5 Å². The van der Waals surface area contributed by atoms with Crippen LogP contribution in [0.4, 0.5) is 0 Å². The quantitative estimate of drug-likeness (QED) is 0.539. The third-order valence-corrected chi connectivity index (χ3v) is 2.83. The molecule has 2 N–H and O–H groups in total. The molecule has 0 aliphatic heterocycles. The van der Waals surface area contributed by atoms with E-state index >= 15 is 0 Å². The first kappa shape index (κ1) is 11.6. The van der Waals surface area contributed by atoms with Gasteiger partial charge in [-0.15, -0.1) is 0 Å². The fraction of sp³-hybridized carbons (Fsp3) is 0.700. The van der Waals surface area contributed by atoms with E-state index in [-0.39, 0.29) is 0 Å². The molecule has 0 aliphatic rings. The Morgan fingerprint density at radius 3 is 3.00 bits per heavy atom. The van der Waals surface area contributed by atoms with Gasteiger partial charge in [0, 0.05) is 24.2 Å². The topological polar surface area (TPSA) is 40.7 Å². The molecule has 0 spiro atoms. The zero-order valence-electron chi connectivity index (χ0n) is 8.92. The molecule has 14 heavy (non-hydrogen) atoms. The van der Waals surface area contributed by atoms with Crippen molar-refractivity contribution < 1.29 is 0 Å². The number of unbranched alkanes of at least 4 members (excludes halogenated alkanes) is 1. The highest BCUT2D eigenvalue weighted by Gasteiger charge is 1.95. The normalized spacial score (nSPS) is 11.1. The first-order valence-electron chi connectivity index (χ1n) is 5.14. The van der Waals surface area contributed by atoms with Crippen molar-refractivity contribution in [2.75, 3.05) is 12.3 Å². The predicted molar refractivity (Wildman–Crippen MR) is 61.7 cm³/mol. The zero-order chi connectivity index (χ0) is 10.2. The van der Waals surface area contributed by atoms with Crippen LogP contribution >= 0.6 is 11.8 Å². The second-order valence-electron chi connectivity index (χ2n) is 3.56. The van der Waals surface area contributed by atoms with Crippen LogP contribution in [0, 0.1) is 0 Å². The Morgan fingerprint density at radius 2 is 2.36 bits per heavy atom. The molecule has 0 saturated heterocycles. The van der Waals surface area contributed by atoms with Crippen molar-refractivity contribution >= 4 is 11.8 Å². The third kappa shape index (κ3) is 5.29. The Kier molecular flexibility index (Phi) is 5.71. The molecule has 3 nitrogen and oxygen atoms in total. The molecule has 1 aromatic heterocycles. The molecular formula is C10H19N3S. The molecule has 80 valence electrons. The molecule has 4 heteroatoms. The van der Waals surface area contributed by atoms with E-state index in [4.69, 9.17) is 0 Å². The summed E-state index contributed by atoms with van der Waals surface area (Å²) in [7, 11) is 0. The van der Waals surface area contributed by atoms with Crippen LogP contribution in [-0.2, 0) is 0 Å². The van der Waals surface area contributed by atoms with Crippen LogP contribution < -0.4 is 5.32 Å². The van der Waals surface area contributed by atoms with E-state index < -0.39 is 0 Å². The molecule has 0 bridgehead atoms. The summed E-state index contributed by atoms with van der Waals surface area (Å²) in [5, 5.41) is 4.44. The monoisotopic (exact) mass is 213 g/mol. The lowest BCUT2D eigenvalue weighted by atomic mass is 10.3. The molecule has 0 radical (unpaired) electrons. The lowest BCUT2D eigenvalue weighted by Gasteiger charge is -2.06. The van der Waals surface area contributed by atoms with Gasteiger partial charge in [0.15, 0.2) is 5.16 Å². The fourth-order valence-electron chi connectivity index (χ4n) is 1.12. The molecule has 0 atom stereocenters. The average Bonchev–Trinajstić information content (AvgIpc) is 2.63. The van der Waals surface area contributed by atoms with Crippen LogP contribution in [-0.4, -0.2) is 28.3 Å². The van der Waals surface area contributed by atoms with Crippen molar-refractivity contribution in [2.24, 2.45) is 0 Å². The molecule has 0 aromatic carbocycles. The van der Waals surface area contributed by atoms with Crippen molar-refractivity contribution in [3.05, 3.63) is 12.4 Å². The fourth-order valence-corrected chi connectivity index (χ4v) is 1.94. The lowest BCUT2D eigenvalue weighted by molar-refractivity contribution is 0.567. The summed E-state index contributed by atoms with van der Waals surface area (Å²) >= 11 is 1.79. The number of nitrogens with zero attached hydrogens (tertiary/aromatic N) is 1.